The lowest BCUT2D eigenvalue weighted by atomic mass is 9.82. The normalized spacial score (nSPS) is 27.4. The number of carbonyl (C=O) groups is 3. The van der Waals surface area contributed by atoms with Gasteiger partial charge >= 0.3 is 6.03 Å². The summed E-state index contributed by atoms with van der Waals surface area (Å²) in [5.74, 6) is -0.294. The maximum absolute atomic E-state index is 13.1. The summed E-state index contributed by atoms with van der Waals surface area (Å²) in [5.41, 5.74) is -0.113. The zero-order valence-electron chi connectivity index (χ0n) is 16.0. The average molecular weight is 439 g/mol. The van der Waals surface area contributed by atoms with Gasteiger partial charge < -0.3 is 15.1 Å². The van der Waals surface area contributed by atoms with Gasteiger partial charge in [0.05, 0.1) is 16.5 Å². The number of benzene rings is 1. The number of hydrogen-bond donors (Lipinski definition) is 2. The lowest BCUT2D eigenvalue weighted by molar-refractivity contribution is -0.139. The molecule has 156 valence electrons. The van der Waals surface area contributed by atoms with Crippen molar-refractivity contribution in [3.63, 3.8) is 0 Å². The van der Waals surface area contributed by atoms with E-state index in [9.17, 15) is 14.4 Å². The minimum Gasteiger partial charge on any atom is -0.338 e. The number of piperidine rings is 1. The Morgan fingerprint density at radius 1 is 1.14 bits per heavy atom. The zero-order chi connectivity index (χ0) is 20.6. The molecule has 1 aromatic carbocycles. The second-order valence-electron chi connectivity index (χ2n) is 8.12. The quantitative estimate of drug-likeness (QED) is 0.705. The molecule has 3 heterocycles. The molecule has 29 heavy (non-hydrogen) atoms. The summed E-state index contributed by atoms with van der Waals surface area (Å²) < 4.78 is 0. The minimum atomic E-state index is -0.915. The van der Waals surface area contributed by atoms with E-state index in [1.165, 1.54) is 0 Å². The van der Waals surface area contributed by atoms with Crippen LogP contribution in [0, 0.1) is 0 Å². The molecule has 4 rings (SSSR count). The van der Waals surface area contributed by atoms with Gasteiger partial charge in [-0.05, 0) is 50.0 Å². The van der Waals surface area contributed by atoms with Gasteiger partial charge in [0.1, 0.15) is 5.54 Å². The van der Waals surface area contributed by atoms with E-state index in [0.717, 1.165) is 31.5 Å². The number of imide groups is 1. The monoisotopic (exact) mass is 438 g/mol. The second-order valence-corrected chi connectivity index (χ2v) is 8.93. The molecule has 0 saturated carbocycles. The summed E-state index contributed by atoms with van der Waals surface area (Å²) in [4.78, 5) is 41.5. The summed E-state index contributed by atoms with van der Waals surface area (Å²) in [6, 6.07) is 4.62. The number of rotatable bonds is 4. The van der Waals surface area contributed by atoms with Gasteiger partial charge in [0.15, 0.2) is 0 Å². The molecule has 3 saturated heterocycles. The highest BCUT2D eigenvalue weighted by Gasteiger charge is 2.51. The molecule has 4 amide bonds. The number of amides is 4. The SMILES string of the molecule is O=C1NC(=O)C2(CCN(C(=O)Cc3ccc(Cl)c(Cl)c3)[C@@H](CN3CCCC3)C2)N1. The number of carbonyl (C=O) groups excluding carboxylic acids is 3. The lowest BCUT2D eigenvalue weighted by Gasteiger charge is -2.44. The Morgan fingerprint density at radius 3 is 2.55 bits per heavy atom. The lowest BCUT2D eigenvalue weighted by Crippen LogP contribution is -2.62. The summed E-state index contributed by atoms with van der Waals surface area (Å²) >= 11 is 12.1. The molecular formula is C20H24Cl2N4O3. The van der Waals surface area contributed by atoms with Crippen molar-refractivity contribution in [1.82, 2.24) is 20.4 Å². The third-order valence-corrected chi connectivity index (χ3v) is 6.89. The van der Waals surface area contributed by atoms with Gasteiger partial charge in [0.2, 0.25) is 5.91 Å². The van der Waals surface area contributed by atoms with Crippen LogP contribution in [0.2, 0.25) is 10.0 Å². The van der Waals surface area contributed by atoms with E-state index in [1.54, 1.807) is 18.2 Å². The van der Waals surface area contributed by atoms with Crippen molar-refractivity contribution in [2.75, 3.05) is 26.2 Å². The Kier molecular flexibility index (Phi) is 5.73. The van der Waals surface area contributed by atoms with Crippen molar-refractivity contribution in [3.05, 3.63) is 33.8 Å². The summed E-state index contributed by atoms with van der Waals surface area (Å²) in [6.45, 7) is 3.12. The van der Waals surface area contributed by atoms with Crippen molar-refractivity contribution in [3.8, 4) is 0 Å². The topological polar surface area (TPSA) is 81.8 Å². The molecule has 0 aliphatic carbocycles. The first kappa shape index (κ1) is 20.4. The Balaban J connectivity index is 1.52. The largest absolute Gasteiger partial charge is 0.338 e. The van der Waals surface area contributed by atoms with Crippen LogP contribution in [-0.4, -0.2) is 65.4 Å². The minimum absolute atomic E-state index is 0.00725. The summed E-state index contributed by atoms with van der Waals surface area (Å²) in [7, 11) is 0. The molecule has 3 aliphatic rings. The van der Waals surface area contributed by atoms with Crippen molar-refractivity contribution >= 4 is 41.0 Å². The zero-order valence-corrected chi connectivity index (χ0v) is 17.6. The maximum atomic E-state index is 13.1. The van der Waals surface area contributed by atoms with Crippen molar-refractivity contribution in [2.45, 2.75) is 43.7 Å². The molecule has 0 radical (unpaired) electrons. The third kappa shape index (κ3) is 4.22. The van der Waals surface area contributed by atoms with Crippen LogP contribution >= 0.6 is 23.2 Å². The van der Waals surface area contributed by atoms with Crippen LogP contribution in [0.1, 0.15) is 31.2 Å². The second kappa shape index (κ2) is 8.13. The summed E-state index contributed by atoms with van der Waals surface area (Å²) in [6.07, 6.45) is 3.35. The Bertz CT molecular complexity index is 843. The summed E-state index contributed by atoms with van der Waals surface area (Å²) in [5, 5.41) is 6.04. The number of hydrogen-bond acceptors (Lipinski definition) is 4. The van der Waals surface area contributed by atoms with Crippen LogP contribution in [0.4, 0.5) is 4.79 Å². The highest BCUT2D eigenvalue weighted by molar-refractivity contribution is 6.42. The van der Waals surface area contributed by atoms with Crippen molar-refractivity contribution in [2.24, 2.45) is 0 Å². The Hall–Kier alpha value is -1.83. The predicted molar refractivity (Wildman–Crippen MR) is 110 cm³/mol. The fraction of sp³-hybridized carbons (Fsp3) is 0.550. The molecule has 9 heteroatoms. The van der Waals surface area contributed by atoms with Crippen LogP contribution in [0.3, 0.4) is 0 Å². The molecule has 1 aromatic rings. The average Bonchev–Trinajstić information content (AvgIpc) is 3.26. The van der Waals surface area contributed by atoms with Crippen LogP contribution in [-0.2, 0) is 16.0 Å². The standard InChI is InChI=1S/C20H24Cl2N4O3/c21-15-4-3-13(9-16(15)22)10-17(27)26-8-5-20(18(28)23-19(29)24-20)11-14(26)12-25-6-1-2-7-25/h3-4,9,14H,1-2,5-8,10-12H2,(H2,23,24,28,29)/t14-,20?/m1/s1. The molecule has 3 aliphatic heterocycles. The first-order valence-corrected chi connectivity index (χ1v) is 10.7. The first-order valence-electron chi connectivity index (χ1n) is 9.96. The van der Waals surface area contributed by atoms with Crippen LogP contribution in [0.5, 0.6) is 0 Å². The van der Waals surface area contributed by atoms with Crippen LogP contribution < -0.4 is 10.6 Å². The van der Waals surface area contributed by atoms with E-state index in [2.05, 4.69) is 15.5 Å². The predicted octanol–water partition coefficient (Wildman–Crippen LogP) is 2.20. The third-order valence-electron chi connectivity index (χ3n) is 6.15. The highest BCUT2D eigenvalue weighted by Crippen LogP contribution is 2.31. The Morgan fingerprint density at radius 2 is 1.90 bits per heavy atom. The smallest absolute Gasteiger partial charge is 0.322 e. The molecule has 1 spiro atoms. The molecule has 2 N–H and O–H groups in total. The van der Waals surface area contributed by atoms with Gasteiger partial charge in [-0.25, -0.2) is 4.79 Å². The molecule has 0 bridgehead atoms. The highest BCUT2D eigenvalue weighted by atomic mass is 35.5. The molecule has 7 nitrogen and oxygen atoms in total. The van der Waals surface area contributed by atoms with Gasteiger partial charge in [0.25, 0.3) is 5.91 Å². The number of urea groups is 1. The van der Waals surface area contributed by atoms with Crippen molar-refractivity contribution < 1.29 is 14.4 Å². The van der Waals surface area contributed by atoms with E-state index in [4.69, 9.17) is 23.2 Å². The van der Waals surface area contributed by atoms with E-state index in [0.29, 0.717) is 36.0 Å². The first-order chi connectivity index (χ1) is 13.9. The molecule has 3 fully saturated rings. The number of nitrogens with one attached hydrogen (secondary N) is 2. The van der Waals surface area contributed by atoms with Crippen molar-refractivity contribution in [1.29, 1.82) is 0 Å². The molecular weight excluding hydrogens is 415 g/mol. The van der Waals surface area contributed by atoms with Gasteiger partial charge in [-0.3, -0.25) is 14.9 Å². The van der Waals surface area contributed by atoms with Gasteiger partial charge in [-0.15, -0.1) is 0 Å². The van der Waals surface area contributed by atoms with Gasteiger partial charge in [0, 0.05) is 25.6 Å². The molecule has 0 aromatic heterocycles. The number of halogens is 2. The maximum Gasteiger partial charge on any atom is 0.322 e. The van der Waals surface area contributed by atoms with E-state index < -0.39 is 11.6 Å². The number of likely N-dealkylation sites (tertiary alicyclic amines) is 2. The van der Waals surface area contributed by atoms with Gasteiger partial charge in [-0.1, -0.05) is 29.3 Å². The van der Waals surface area contributed by atoms with Crippen LogP contribution in [0.25, 0.3) is 0 Å². The molecule has 2 atom stereocenters. The molecule has 1 unspecified atom stereocenters. The van der Waals surface area contributed by atoms with Gasteiger partial charge in [-0.2, -0.15) is 0 Å². The van der Waals surface area contributed by atoms with E-state index in [-0.39, 0.29) is 24.3 Å². The Labute approximate surface area is 179 Å². The fourth-order valence-corrected chi connectivity index (χ4v) is 4.96. The fourth-order valence-electron chi connectivity index (χ4n) is 4.64. The number of nitrogens with zero attached hydrogens (tertiary/aromatic N) is 2. The van der Waals surface area contributed by atoms with E-state index in [1.807, 2.05) is 4.90 Å². The van der Waals surface area contributed by atoms with E-state index >= 15 is 0 Å². The van der Waals surface area contributed by atoms with Crippen LogP contribution in [0.15, 0.2) is 18.2 Å².